The number of benzene rings is 2. The van der Waals surface area contributed by atoms with Gasteiger partial charge >= 0.3 is 5.97 Å². The molecule has 1 aromatic heterocycles. The Balaban J connectivity index is 2.09. The van der Waals surface area contributed by atoms with E-state index in [2.05, 4.69) is 0 Å². The zero-order chi connectivity index (χ0) is 20.1. The van der Waals surface area contributed by atoms with Crippen LogP contribution in [0.1, 0.15) is 18.1 Å². The quantitative estimate of drug-likeness (QED) is 0.341. The Hall–Kier alpha value is -3.23. The van der Waals surface area contributed by atoms with E-state index in [1.54, 1.807) is 14.0 Å². The molecule has 3 rings (SSSR count). The minimum absolute atomic E-state index is 0.0869. The highest BCUT2D eigenvalue weighted by Gasteiger charge is 2.17. The number of aromatic nitrogens is 1. The average molecular weight is 395 g/mol. The zero-order valence-corrected chi connectivity index (χ0v) is 16.4. The summed E-state index contributed by atoms with van der Waals surface area (Å²) in [7, 11) is 1.63. The molecule has 6 heteroatoms. The van der Waals surface area contributed by atoms with E-state index in [4.69, 9.17) is 21.1 Å². The minimum Gasteiger partial charge on any atom is -0.497 e. The summed E-state index contributed by atoms with van der Waals surface area (Å²) >= 11 is 6.68. The molecular formula is C22H19ClN2O3. The molecule has 2 aromatic carbocycles. The molecule has 0 bridgehead atoms. The van der Waals surface area contributed by atoms with E-state index in [1.807, 2.05) is 59.2 Å². The number of hydrogen-bond acceptors (Lipinski definition) is 4. The van der Waals surface area contributed by atoms with Crippen molar-refractivity contribution < 1.29 is 14.3 Å². The Labute approximate surface area is 168 Å². The Kier molecular flexibility index (Phi) is 6.03. The van der Waals surface area contributed by atoms with Gasteiger partial charge in [0.2, 0.25) is 0 Å². The first kappa shape index (κ1) is 19.5. The maximum absolute atomic E-state index is 12.0. The fourth-order valence-electron chi connectivity index (χ4n) is 2.99. The van der Waals surface area contributed by atoms with Crippen molar-refractivity contribution in [3.05, 3.63) is 70.4 Å². The molecule has 0 aliphatic carbocycles. The van der Waals surface area contributed by atoms with E-state index >= 15 is 0 Å². The van der Waals surface area contributed by atoms with E-state index in [0.717, 1.165) is 22.2 Å². The van der Waals surface area contributed by atoms with Gasteiger partial charge in [-0.3, -0.25) is 0 Å². The lowest BCUT2D eigenvalue weighted by Crippen LogP contribution is -2.06. The SMILES string of the molecule is CCOC(=O)C(C#N)=Cc1c(Cl)n(Cc2ccc(OC)cc2)c2ccccc12. The molecule has 28 heavy (non-hydrogen) atoms. The van der Waals surface area contributed by atoms with Gasteiger partial charge in [-0.1, -0.05) is 41.9 Å². The lowest BCUT2D eigenvalue weighted by molar-refractivity contribution is -0.137. The number of hydrogen-bond donors (Lipinski definition) is 0. The number of rotatable bonds is 6. The highest BCUT2D eigenvalue weighted by molar-refractivity contribution is 6.33. The Morgan fingerprint density at radius 1 is 1.21 bits per heavy atom. The second kappa shape index (κ2) is 8.64. The molecule has 0 atom stereocenters. The number of ether oxygens (including phenoxy) is 2. The number of methoxy groups -OCH3 is 1. The molecule has 5 nitrogen and oxygen atoms in total. The molecule has 0 saturated heterocycles. The number of carbonyl (C=O) groups is 1. The Morgan fingerprint density at radius 2 is 1.93 bits per heavy atom. The molecule has 0 amide bonds. The topological polar surface area (TPSA) is 64.2 Å². The molecular weight excluding hydrogens is 376 g/mol. The fraction of sp³-hybridized carbons (Fsp3) is 0.182. The molecule has 3 aromatic rings. The first-order chi connectivity index (χ1) is 13.6. The summed E-state index contributed by atoms with van der Waals surface area (Å²) < 4.78 is 12.1. The Morgan fingerprint density at radius 3 is 2.57 bits per heavy atom. The zero-order valence-electron chi connectivity index (χ0n) is 15.6. The van der Waals surface area contributed by atoms with Crippen molar-refractivity contribution in [2.45, 2.75) is 13.5 Å². The van der Waals surface area contributed by atoms with E-state index in [1.165, 1.54) is 6.08 Å². The van der Waals surface area contributed by atoms with Crippen molar-refractivity contribution in [1.29, 1.82) is 5.26 Å². The van der Waals surface area contributed by atoms with Crippen molar-refractivity contribution >= 4 is 34.5 Å². The number of esters is 1. The van der Waals surface area contributed by atoms with Crippen molar-refractivity contribution in [3.63, 3.8) is 0 Å². The van der Waals surface area contributed by atoms with Gasteiger partial charge in [0.25, 0.3) is 0 Å². The van der Waals surface area contributed by atoms with Gasteiger partial charge in [-0.15, -0.1) is 0 Å². The molecule has 0 N–H and O–H groups in total. The Bertz CT molecular complexity index is 1080. The van der Waals surface area contributed by atoms with Crippen LogP contribution in [0.25, 0.3) is 17.0 Å². The predicted octanol–water partition coefficient (Wildman–Crippen LogP) is 4.82. The van der Waals surface area contributed by atoms with Crippen molar-refractivity contribution in [2.24, 2.45) is 0 Å². The standard InChI is InChI=1S/C22H19ClN2O3/c1-3-28-22(26)16(13-24)12-19-18-6-4-5-7-20(18)25(21(19)23)14-15-8-10-17(27-2)11-9-15/h4-12H,3,14H2,1-2H3. The molecule has 1 heterocycles. The molecule has 0 fully saturated rings. The fourth-order valence-corrected chi connectivity index (χ4v) is 3.30. The van der Waals surface area contributed by atoms with Gasteiger partial charge in [-0.2, -0.15) is 5.26 Å². The van der Waals surface area contributed by atoms with E-state index < -0.39 is 5.97 Å². The van der Waals surface area contributed by atoms with E-state index in [9.17, 15) is 10.1 Å². The number of carbonyl (C=O) groups excluding carboxylic acids is 1. The average Bonchev–Trinajstić information content (AvgIpc) is 2.98. The van der Waals surface area contributed by atoms with Gasteiger partial charge < -0.3 is 14.0 Å². The monoisotopic (exact) mass is 394 g/mol. The molecule has 0 radical (unpaired) electrons. The molecule has 142 valence electrons. The van der Waals surface area contributed by atoms with Crippen LogP contribution in [0.2, 0.25) is 5.15 Å². The van der Waals surface area contributed by atoms with Crippen LogP contribution in [0.3, 0.4) is 0 Å². The first-order valence-electron chi connectivity index (χ1n) is 8.77. The van der Waals surface area contributed by atoms with Gasteiger partial charge in [0.1, 0.15) is 22.5 Å². The summed E-state index contributed by atoms with van der Waals surface area (Å²) in [5.41, 5.74) is 2.49. The van der Waals surface area contributed by atoms with Gasteiger partial charge in [-0.05, 0) is 36.8 Å². The van der Waals surface area contributed by atoms with Crippen LogP contribution in [0.4, 0.5) is 0 Å². The van der Waals surface area contributed by atoms with Crippen molar-refractivity contribution in [1.82, 2.24) is 4.57 Å². The maximum Gasteiger partial charge on any atom is 0.348 e. The van der Waals surface area contributed by atoms with E-state index in [-0.39, 0.29) is 12.2 Å². The molecule has 0 unspecified atom stereocenters. The van der Waals surface area contributed by atoms with Gasteiger partial charge in [0.15, 0.2) is 0 Å². The highest BCUT2D eigenvalue weighted by Crippen LogP contribution is 2.33. The third-order valence-corrected chi connectivity index (χ3v) is 4.76. The van der Waals surface area contributed by atoms with Crippen LogP contribution in [0.15, 0.2) is 54.1 Å². The van der Waals surface area contributed by atoms with Crippen LogP contribution in [-0.2, 0) is 16.1 Å². The number of para-hydroxylation sites is 1. The van der Waals surface area contributed by atoms with Gasteiger partial charge in [-0.25, -0.2) is 4.79 Å². The largest absolute Gasteiger partial charge is 0.497 e. The van der Waals surface area contributed by atoms with Crippen LogP contribution in [0, 0.1) is 11.3 Å². The van der Waals surface area contributed by atoms with Gasteiger partial charge in [0, 0.05) is 17.5 Å². The van der Waals surface area contributed by atoms with E-state index in [0.29, 0.717) is 17.3 Å². The predicted molar refractivity (Wildman–Crippen MR) is 109 cm³/mol. The molecule has 0 spiro atoms. The molecule has 0 aliphatic rings. The summed E-state index contributed by atoms with van der Waals surface area (Å²) in [6, 6.07) is 17.3. The lowest BCUT2D eigenvalue weighted by Gasteiger charge is -2.08. The smallest absolute Gasteiger partial charge is 0.348 e. The van der Waals surface area contributed by atoms with Crippen LogP contribution in [-0.4, -0.2) is 24.3 Å². The number of fused-ring (bicyclic) bond motifs is 1. The van der Waals surface area contributed by atoms with Crippen molar-refractivity contribution in [3.8, 4) is 11.8 Å². The normalized spacial score (nSPS) is 11.3. The summed E-state index contributed by atoms with van der Waals surface area (Å²) in [4.78, 5) is 12.0. The number of halogens is 1. The third kappa shape index (κ3) is 3.88. The minimum atomic E-state index is -0.659. The lowest BCUT2D eigenvalue weighted by atomic mass is 10.1. The number of nitrogens with zero attached hydrogens (tertiary/aromatic N) is 2. The second-order valence-corrected chi connectivity index (χ2v) is 6.40. The number of nitriles is 1. The second-order valence-electron chi connectivity index (χ2n) is 6.05. The summed E-state index contributed by atoms with van der Waals surface area (Å²) in [6.45, 7) is 2.43. The third-order valence-electron chi connectivity index (χ3n) is 4.35. The summed E-state index contributed by atoms with van der Waals surface area (Å²) in [5.74, 6) is 0.122. The highest BCUT2D eigenvalue weighted by atomic mass is 35.5. The summed E-state index contributed by atoms with van der Waals surface area (Å²) in [5, 5.41) is 10.7. The molecule has 0 saturated carbocycles. The molecule has 0 aliphatic heterocycles. The first-order valence-corrected chi connectivity index (χ1v) is 9.15. The summed E-state index contributed by atoms with van der Waals surface area (Å²) in [6.07, 6.45) is 1.49. The van der Waals surface area contributed by atoms with Crippen LogP contribution < -0.4 is 4.74 Å². The van der Waals surface area contributed by atoms with Crippen LogP contribution in [0.5, 0.6) is 5.75 Å². The van der Waals surface area contributed by atoms with Gasteiger partial charge in [0.05, 0.1) is 19.2 Å². The van der Waals surface area contributed by atoms with Crippen molar-refractivity contribution in [2.75, 3.05) is 13.7 Å². The maximum atomic E-state index is 12.0. The van der Waals surface area contributed by atoms with Crippen LogP contribution >= 0.6 is 11.6 Å².